The second-order valence-electron chi connectivity index (χ2n) is 6.07. The minimum absolute atomic E-state index is 0.0640. The fraction of sp³-hybridized carbons (Fsp3) is 0.200. The van der Waals surface area contributed by atoms with E-state index < -0.39 is 6.61 Å². The number of aromatic nitrogens is 1. The van der Waals surface area contributed by atoms with Gasteiger partial charge in [-0.15, -0.1) is 11.3 Å². The smallest absolute Gasteiger partial charge is 0.387 e. The van der Waals surface area contributed by atoms with E-state index in [1.807, 2.05) is 12.1 Å². The molecule has 0 bridgehead atoms. The van der Waals surface area contributed by atoms with Crippen LogP contribution in [0.1, 0.15) is 16.1 Å². The molecule has 0 radical (unpaired) electrons. The van der Waals surface area contributed by atoms with Crippen molar-refractivity contribution in [2.24, 2.45) is 0 Å². The first kappa shape index (κ1) is 21.0. The summed E-state index contributed by atoms with van der Waals surface area (Å²) in [5.74, 6) is -0.159. The Morgan fingerprint density at radius 3 is 2.72 bits per heavy atom. The normalized spacial score (nSPS) is 10.8. The van der Waals surface area contributed by atoms with Gasteiger partial charge in [0.2, 0.25) is 0 Å². The summed E-state index contributed by atoms with van der Waals surface area (Å²) in [6.07, 6.45) is 0. The van der Waals surface area contributed by atoms with Crippen LogP contribution in [0.4, 0.5) is 8.78 Å². The summed E-state index contributed by atoms with van der Waals surface area (Å²) in [7, 11) is 3.00. The van der Waals surface area contributed by atoms with E-state index in [1.54, 1.807) is 36.7 Å². The highest BCUT2D eigenvalue weighted by atomic mass is 35.5. The average Bonchev–Trinajstić information content (AvgIpc) is 3.18. The molecule has 0 unspecified atom stereocenters. The maximum atomic E-state index is 12.7. The van der Waals surface area contributed by atoms with Crippen molar-refractivity contribution in [3.8, 4) is 22.1 Å². The lowest BCUT2D eigenvalue weighted by atomic mass is 10.2. The van der Waals surface area contributed by atoms with Crippen LogP contribution in [0.3, 0.4) is 0 Å². The molecule has 152 valence electrons. The Morgan fingerprint density at radius 1 is 1.24 bits per heavy atom. The molecule has 2 aromatic carbocycles. The SMILES string of the molecule is COc1cc(CN(C)C(=O)c2csc(-c3cccc(Cl)c3)n2)ccc1OC(F)F. The number of carbonyl (C=O) groups is 1. The van der Waals surface area contributed by atoms with E-state index in [0.29, 0.717) is 21.3 Å². The highest BCUT2D eigenvalue weighted by Crippen LogP contribution is 2.30. The molecule has 0 fully saturated rings. The predicted molar refractivity (Wildman–Crippen MR) is 108 cm³/mol. The number of amides is 1. The van der Waals surface area contributed by atoms with Crippen LogP contribution in [0.5, 0.6) is 11.5 Å². The van der Waals surface area contributed by atoms with Crippen LogP contribution >= 0.6 is 22.9 Å². The Bertz CT molecular complexity index is 1010. The highest BCUT2D eigenvalue weighted by Gasteiger charge is 2.18. The Morgan fingerprint density at radius 2 is 2.03 bits per heavy atom. The van der Waals surface area contributed by atoms with Gasteiger partial charge in [-0.1, -0.05) is 29.8 Å². The number of methoxy groups -OCH3 is 1. The number of benzene rings is 2. The summed E-state index contributed by atoms with van der Waals surface area (Å²) >= 11 is 7.36. The lowest BCUT2D eigenvalue weighted by molar-refractivity contribution is -0.0512. The highest BCUT2D eigenvalue weighted by molar-refractivity contribution is 7.13. The molecule has 1 heterocycles. The van der Waals surface area contributed by atoms with Gasteiger partial charge >= 0.3 is 6.61 Å². The van der Waals surface area contributed by atoms with E-state index in [4.69, 9.17) is 16.3 Å². The zero-order chi connectivity index (χ0) is 21.0. The number of hydrogen-bond acceptors (Lipinski definition) is 5. The number of ether oxygens (including phenoxy) is 2. The van der Waals surface area contributed by atoms with E-state index in [-0.39, 0.29) is 24.0 Å². The van der Waals surface area contributed by atoms with Crippen LogP contribution in [-0.2, 0) is 6.54 Å². The summed E-state index contributed by atoms with van der Waals surface area (Å²) in [4.78, 5) is 18.6. The first-order chi connectivity index (χ1) is 13.9. The molecule has 0 aliphatic rings. The fourth-order valence-corrected chi connectivity index (χ4v) is 3.65. The van der Waals surface area contributed by atoms with Crippen LogP contribution in [0.25, 0.3) is 10.6 Å². The van der Waals surface area contributed by atoms with E-state index >= 15 is 0 Å². The standard InChI is InChI=1S/C20H17ClF2N2O3S/c1-25(10-12-6-7-16(28-20(22)23)17(8-12)27-2)19(26)15-11-29-18(24-15)13-4-3-5-14(21)9-13/h3-9,11,20H,10H2,1-2H3. The Labute approximate surface area is 175 Å². The van der Waals surface area contributed by atoms with E-state index in [1.165, 1.54) is 29.4 Å². The summed E-state index contributed by atoms with van der Waals surface area (Å²) in [6, 6.07) is 11.8. The third kappa shape index (κ3) is 5.21. The molecule has 1 aromatic heterocycles. The molecule has 0 atom stereocenters. The first-order valence-corrected chi connectivity index (χ1v) is 9.72. The van der Waals surface area contributed by atoms with Crippen LogP contribution < -0.4 is 9.47 Å². The molecule has 29 heavy (non-hydrogen) atoms. The van der Waals surface area contributed by atoms with E-state index in [2.05, 4.69) is 9.72 Å². The van der Waals surface area contributed by atoms with Gasteiger partial charge in [0.05, 0.1) is 7.11 Å². The van der Waals surface area contributed by atoms with Crippen molar-refractivity contribution in [3.63, 3.8) is 0 Å². The van der Waals surface area contributed by atoms with E-state index in [0.717, 1.165) is 5.56 Å². The largest absolute Gasteiger partial charge is 0.493 e. The van der Waals surface area contributed by atoms with Gasteiger partial charge in [0.15, 0.2) is 11.5 Å². The second-order valence-corrected chi connectivity index (χ2v) is 7.37. The first-order valence-electron chi connectivity index (χ1n) is 8.46. The van der Waals surface area contributed by atoms with E-state index in [9.17, 15) is 13.6 Å². The summed E-state index contributed by atoms with van der Waals surface area (Å²) in [6.45, 7) is -2.70. The maximum Gasteiger partial charge on any atom is 0.387 e. The minimum Gasteiger partial charge on any atom is -0.493 e. The Hall–Kier alpha value is -2.71. The summed E-state index contributed by atoms with van der Waals surface area (Å²) < 4.78 is 34.4. The summed E-state index contributed by atoms with van der Waals surface area (Å²) in [5.41, 5.74) is 1.85. The lowest BCUT2D eigenvalue weighted by Crippen LogP contribution is -2.26. The fourth-order valence-electron chi connectivity index (χ4n) is 2.67. The lowest BCUT2D eigenvalue weighted by Gasteiger charge is -2.17. The van der Waals surface area contributed by atoms with Gasteiger partial charge in [-0.3, -0.25) is 4.79 Å². The van der Waals surface area contributed by atoms with Crippen LogP contribution in [-0.4, -0.2) is 36.6 Å². The quantitative estimate of drug-likeness (QED) is 0.499. The molecule has 0 aliphatic heterocycles. The van der Waals surface area contributed by atoms with Gasteiger partial charge in [0, 0.05) is 29.6 Å². The third-order valence-corrected chi connectivity index (χ3v) is 5.13. The van der Waals surface area contributed by atoms with Crippen LogP contribution in [0.15, 0.2) is 47.8 Å². The molecular weight excluding hydrogens is 422 g/mol. The molecule has 0 N–H and O–H groups in total. The third-order valence-electron chi connectivity index (χ3n) is 4.01. The molecule has 0 saturated carbocycles. The molecule has 5 nitrogen and oxygen atoms in total. The number of rotatable bonds is 7. The van der Waals surface area contributed by atoms with Crippen LogP contribution in [0, 0.1) is 0 Å². The predicted octanol–water partition coefficient (Wildman–Crippen LogP) is 5.35. The molecule has 0 aliphatic carbocycles. The number of nitrogens with zero attached hydrogens (tertiary/aromatic N) is 2. The Balaban J connectivity index is 1.72. The number of carbonyl (C=O) groups excluding carboxylic acids is 1. The van der Waals surface area contributed by atoms with Gasteiger partial charge in [0.25, 0.3) is 5.91 Å². The topological polar surface area (TPSA) is 51.7 Å². The zero-order valence-electron chi connectivity index (χ0n) is 15.6. The number of hydrogen-bond donors (Lipinski definition) is 0. The minimum atomic E-state index is -2.95. The number of thiazole rings is 1. The molecule has 9 heteroatoms. The molecule has 0 saturated heterocycles. The Kier molecular flexibility index (Phi) is 6.66. The maximum absolute atomic E-state index is 12.7. The van der Waals surface area contributed by atoms with Gasteiger partial charge in [-0.25, -0.2) is 4.98 Å². The van der Waals surface area contributed by atoms with Crippen molar-refractivity contribution in [3.05, 3.63) is 64.1 Å². The summed E-state index contributed by atoms with van der Waals surface area (Å²) in [5, 5.41) is 2.98. The van der Waals surface area contributed by atoms with Crippen LogP contribution in [0.2, 0.25) is 5.02 Å². The molecule has 1 amide bonds. The van der Waals surface area contributed by atoms with Crippen molar-refractivity contribution in [1.82, 2.24) is 9.88 Å². The van der Waals surface area contributed by atoms with Crippen molar-refractivity contribution >= 4 is 28.8 Å². The molecule has 3 rings (SSSR count). The van der Waals surface area contributed by atoms with Gasteiger partial charge in [-0.05, 0) is 29.8 Å². The number of alkyl halides is 2. The average molecular weight is 439 g/mol. The molecular formula is C20H17ClF2N2O3S. The van der Waals surface area contributed by atoms with Crippen molar-refractivity contribution in [1.29, 1.82) is 0 Å². The van der Waals surface area contributed by atoms with Crippen molar-refractivity contribution < 1.29 is 23.0 Å². The van der Waals surface area contributed by atoms with Gasteiger partial charge < -0.3 is 14.4 Å². The van der Waals surface area contributed by atoms with Gasteiger partial charge in [0.1, 0.15) is 10.7 Å². The monoisotopic (exact) mass is 438 g/mol. The molecule has 0 spiro atoms. The molecule has 3 aromatic rings. The van der Waals surface area contributed by atoms with Crippen molar-refractivity contribution in [2.75, 3.05) is 14.2 Å². The van der Waals surface area contributed by atoms with Gasteiger partial charge in [-0.2, -0.15) is 8.78 Å². The number of halogens is 3. The van der Waals surface area contributed by atoms with Crippen molar-refractivity contribution in [2.45, 2.75) is 13.2 Å². The second kappa shape index (κ2) is 9.19. The zero-order valence-corrected chi connectivity index (χ0v) is 17.1.